The van der Waals surface area contributed by atoms with Crippen LogP contribution in [0.4, 0.5) is 11.4 Å². The first-order valence-electron chi connectivity index (χ1n) is 6.29. The number of hydrogen-bond acceptors (Lipinski definition) is 3. The Balaban J connectivity index is 2.11. The molecule has 2 rings (SSSR count). The molecule has 17 heavy (non-hydrogen) atoms. The Morgan fingerprint density at radius 2 is 2.12 bits per heavy atom. The van der Waals surface area contributed by atoms with Crippen LogP contribution < -0.4 is 10.6 Å². The summed E-state index contributed by atoms with van der Waals surface area (Å²) in [5, 5.41) is 8.97. The summed E-state index contributed by atoms with van der Waals surface area (Å²) in [4.78, 5) is 2.35. The van der Waals surface area contributed by atoms with E-state index in [-0.39, 0.29) is 0 Å². The largest absolute Gasteiger partial charge is 0.398 e. The van der Waals surface area contributed by atoms with Gasteiger partial charge in [0.25, 0.3) is 0 Å². The molecule has 1 saturated heterocycles. The molecular formula is C14H19N3. The molecule has 0 bridgehead atoms. The van der Waals surface area contributed by atoms with Crippen molar-refractivity contribution in [2.24, 2.45) is 5.92 Å². The van der Waals surface area contributed by atoms with Crippen molar-refractivity contribution < 1.29 is 0 Å². The van der Waals surface area contributed by atoms with Gasteiger partial charge in [-0.25, -0.2) is 0 Å². The van der Waals surface area contributed by atoms with Crippen molar-refractivity contribution in [3.8, 4) is 6.07 Å². The van der Waals surface area contributed by atoms with Gasteiger partial charge < -0.3 is 10.6 Å². The highest BCUT2D eigenvalue weighted by molar-refractivity contribution is 5.62. The fourth-order valence-corrected chi connectivity index (χ4v) is 2.44. The van der Waals surface area contributed by atoms with Crippen molar-refractivity contribution in [1.29, 1.82) is 5.26 Å². The Morgan fingerprint density at radius 1 is 1.41 bits per heavy atom. The molecule has 1 fully saturated rings. The van der Waals surface area contributed by atoms with E-state index in [9.17, 15) is 0 Å². The van der Waals surface area contributed by atoms with Gasteiger partial charge in [-0.15, -0.1) is 0 Å². The van der Waals surface area contributed by atoms with E-state index in [0.29, 0.717) is 11.3 Å². The number of hydrogen-bond donors (Lipinski definition) is 1. The van der Waals surface area contributed by atoms with E-state index >= 15 is 0 Å². The van der Waals surface area contributed by atoms with Gasteiger partial charge in [0.15, 0.2) is 0 Å². The second-order valence-corrected chi connectivity index (χ2v) is 4.72. The van der Waals surface area contributed by atoms with Gasteiger partial charge in [-0.2, -0.15) is 5.26 Å². The lowest BCUT2D eigenvalue weighted by Gasteiger charge is -2.33. The SMILES string of the molecule is CCC1CCN(c2ccc(N)c(C#N)c2)CC1. The van der Waals surface area contributed by atoms with Crippen LogP contribution in [-0.2, 0) is 0 Å². The van der Waals surface area contributed by atoms with Gasteiger partial charge in [0, 0.05) is 24.5 Å². The maximum absolute atomic E-state index is 8.97. The Bertz CT molecular complexity index is 426. The highest BCUT2D eigenvalue weighted by Gasteiger charge is 2.18. The van der Waals surface area contributed by atoms with Crippen molar-refractivity contribution in [1.82, 2.24) is 0 Å². The molecule has 1 aromatic carbocycles. The number of nitrogen functional groups attached to an aromatic ring is 1. The predicted molar refractivity (Wildman–Crippen MR) is 70.8 cm³/mol. The highest BCUT2D eigenvalue weighted by atomic mass is 15.1. The third kappa shape index (κ3) is 2.52. The van der Waals surface area contributed by atoms with E-state index in [1.54, 1.807) is 0 Å². The van der Waals surface area contributed by atoms with E-state index < -0.39 is 0 Å². The monoisotopic (exact) mass is 229 g/mol. The minimum atomic E-state index is 0.569. The molecule has 1 aromatic rings. The van der Waals surface area contributed by atoms with Crippen LogP contribution in [0.25, 0.3) is 0 Å². The summed E-state index contributed by atoms with van der Waals surface area (Å²) in [5.41, 5.74) is 8.01. The van der Waals surface area contributed by atoms with E-state index in [1.807, 2.05) is 18.2 Å². The molecule has 2 N–H and O–H groups in total. The number of rotatable bonds is 2. The maximum atomic E-state index is 8.97. The van der Waals surface area contributed by atoms with Crippen LogP contribution in [0, 0.1) is 17.2 Å². The average Bonchev–Trinajstić information content (AvgIpc) is 2.39. The number of nitrogens with zero attached hydrogens (tertiary/aromatic N) is 2. The molecule has 0 unspecified atom stereocenters. The van der Waals surface area contributed by atoms with Crippen molar-refractivity contribution in [2.75, 3.05) is 23.7 Å². The predicted octanol–water partition coefficient (Wildman–Crippen LogP) is 2.77. The van der Waals surface area contributed by atoms with Crippen LogP contribution in [0.2, 0.25) is 0 Å². The molecule has 0 amide bonds. The molecule has 1 aliphatic rings. The number of piperidine rings is 1. The topological polar surface area (TPSA) is 53.0 Å². The molecule has 0 aliphatic carbocycles. The average molecular weight is 229 g/mol. The molecule has 1 aliphatic heterocycles. The Kier molecular flexibility index (Phi) is 3.53. The van der Waals surface area contributed by atoms with E-state index in [2.05, 4.69) is 17.9 Å². The summed E-state index contributed by atoms with van der Waals surface area (Å²) in [6, 6.07) is 7.90. The summed E-state index contributed by atoms with van der Waals surface area (Å²) >= 11 is 0. The van der Waals surface area contributed by atoms with Crippen LogP contribution in [0.3, 0.4) is 0 Å². The van der Waals surface area contributed by atoms with Crippen LogP contribution in [-0.4, -0.2) is 13.1 Å². The summed E-state index contributed by atoms with van der Waals surface area (Å²) in [7, 11) is 0. The third-order valence-corrected chi connectivity index (χ3v) is 3.71. The van der Waals surface area contributed by atoms with Crippen LogP contribution in [0.1, 0.15) is 31.7 Å². The first kappa shape index (κ1) is 11.8. The standard InChI is InChI=1S/C14H19N3/c1-2-11-5-7-17(8-6-11)13-3-4-14(16)12(9-13)10-15/h3-4,9,11H,2,5-8,16H2,1H3. The summed E-state index contributed by atoms with van der Waals surface area (Å²) in [5.74, 6) is 0.871. The zero-order valence-electron chi connectivity index (χ0n) is 10.3. The Hall–Kier alpha value is -1.69. The molecular weight excluding hydrogens is 210 g/mol. The lowest BCUT2D eigenvalue weighted by molar-refractivity contribution is 0.395. The first-order valence-corrected chi connectivity index (χ1v) is 6.29. The van der Waals surface area contributed by atoms with Gasteiger partial charge in [-0.3, -0.25) is 0 Å². The van der Waals surface area contributed by atoms with Gasteiger partial charge in [-0.1, -0.05) is 13.3 Å². The van der Waals surface area contributed by atoms with Crippen LogP contribution in [0.15, 0.2) is 18.2 Å². The fourth-order valence-electron chi connectivity index (χ4n) is 2.44. The number of benzene rings is 1. The van der Waals surface area contributed by atoms with Gasteiger partial charge in [0.05, 0.1) is 5.56 Å². The molecule has 0 atom stereocenters. The smallest absolute Gasteiger partial charge is 0.101 e. The Labute approximate surface area is 103 Å². The van der Waals surface area contributed by atoms with Crippen molar-refractivity contribution in [2.45, 2.75) is 26.2 Å². The molecule has 1 heterocycles. The third-order valence-electron chi connectivity index (χ3n) is 3.71. The van der Waals surface area contributed by atoms with Gasteiger partial charge in [-0.05, 0) is 37.0 Å². The first-order chi connectivity index (χ1) is 8.24. The van der Waals surface area contributed by atoms with Gasteiger partial charge in [0.2, 0.25) is 0 Å². The maximum Gasteiger partial charge on any atom is 0.101 e. The van der Waals surface area contributed by atoms with E-state index in [1.165, 1.54) is 19.3 Å². The zero-order valence-corrected chi connectivity index (χ0v) is 10.3. The highest BCUT2D eigenvalue weighted by Crippen LogP contribution is 2.27. The number of nitriles is 1. The minimum absolute atomic E-state index is 0.569. The second kappa shape index (κ2) is 5.09. The lowest BCUT2D eigenvalue weighted by atomic mass is 9.94. The molecule has 90 valence electrons. The van der Waals surface area contributed by atoms with E-state index in [4.69, 9.17) is 11.0 Å². The second-order valence-electron chi connectivity index (χ2n) is 4.72. The van der Waals surface area contributed by atoms with Crippen molar-refractivity contribution >= 4 is 11.4 Å². The molecule has 3 heteroatoms. The molecule has 3 nitrogen and oxygen atoms in total. The normalized spacial score (nSPS) is 16.8. The van der Waals surface area contributed by atoms with Crippen molar-refractivity contribution in [3.05, 3.63) is 23.8 Å². The number of anilines is 2. The zero-order chi connectivity index (χ0) is 12.3. The Morgan fingerprint density at radius 3 is 2.71 bits per heavy atom. The quantitative estimate of drug-likeness (QED) is 0.793. The van der Waals surface area contributed by atoms with Crippen molar-refractivity contribution in [3.63, 3.8) is 0 Å². The summed E-state index contributed by atoms with van der Waals surface area (Å²) < 4.78 is 0. The molecule has 0 radical (unpaired) electrons. The van der Waals surface area contributed by atoms with Gasteiger partial charge in [0.1, 0.15) is 6.07 Å². The number of nitrogens with two attached hydrogens (primary N) is 1. The van der Waals surface area contributed by atoms with Crippen LogP contribution >= 0.6 is 0 Å². The van der Waals surface area contributed by atoms with Gasteiger partial charge >= 0.3 is 0 Å². The van der Waals surface area contributed by atoms with Crippen LogP contribution in [0.5, 0.6) is 0 Å². The summed E-state index contributed by atoms with van der Waals surface area (Å²) in [6.07, 6.45) is 3.78. The molecule has 0 spiro atoms. The van der Waals surface area contributed by atoms with E-state index in [0.717, 1.165) is 24.7 Å². The summed E-state index contributed by atoms with van der Waals surface area (Å²) in [6.45, 7) is 4.44. The molecule has 0 aromatic heterocycles. The molecule has 0 saturated carbocycles. The minimum Gasteiger partial charge on any atom is -0.398 e. The fraction of sp³-hybridized carbons (Fsp3) is 0.500. The lowest BCUT2D eigenvalue weighted by Crippen LogP contribution is -2.33.